The van der Waals surface area contributed by atoms with Gasteiger partial charge in [0.1, 0.15) is 0 Å². The summed E-state index contributed by atoms with van der Waals surface area (Å²) in [4.78, 5) is 0. The Labute approximate surface area is 81.3 Å². The van der Waals surface area contributed by atoms with E-state index >= 15 is 0 Å². The van der Waals surface area contributed by atoms with Gasteiger partial charge in [-0.25, -0.2) is 0 Å². The molecule has 13 heavy (non-hydrogen) atoms. The highest BCUT2D eigenvalue weighted by molar-refractivity contribution is 4.90. The lowest BCUT2D eigenvalue weighted by Gasteiger charge is -2.32. The first kappa shape index (κ1) is 11.0. The van der Waals surface area contributed by atoms with E-state index in [4.69, 9.17) is 4.74 Å². The third-order valence-electron chi connectivity index (χ3n) is 3.60. The normalized spacial score (nSPS) is 36.5. The highest BCUT2D eigenvalue weighted by atomic mass is 16.5. The molecule has 1 saturated heterocycles. The Morgan fingerprint density at radius 2 is 2.31 bits per heavy atom. The van der Waals surface area contributed by atoms with Crippen LogP contribution >= 0.6 is 0 Å². The van der Waals surface area contributed by atoms with Crippen molar-refractivity contribution in [1.29, 1.82) is 0 Å². The van der Waals surface area contributed by atoms with Crippen molar-refractivity contribution in [2.75, 3.05) is 13.2 Å². The summed E-state index contributed by atoms with van der Waals surface area (Å²) < 4.78 is 5.55. The Morgan fingerprint density at radius 3 is 2.69 bits per heavy atom. The topological polar surface area (TPSA) is 29.5 Å². The van der Waals surface area contributed by atoms with Crippen molar-refractivity contribution in [3.05, 3.63) is 0 Å². The largest absolute Gasteiger partial charge is 0.396 e. The van der Waals surface area contributed by atoms with Crippen molar-refractivity contribution in [2.45, 2.75) is 46.1 Å². The molecule has 3 atom stereocenters. The van der Waals surface area contributed by atoms with Crippen molar-refractivity contribution in [3.63, 3.8) is 0 Å². The van der Waals surface area contributed by atoms with Gasteiger partial charge in [-0.3, -0.25) is 0 Å². The van der Waals surface area contributed by atoms with Crippen molar-refractivity contribution in [1.82, 2.24) is 0 Å². The van der Waals surface area contributed by atoms with Crippen LogP contribution in [-0.2, 0) is 4.74 Å². The predicted molar refractivity (Wildman–Crippen MR) is 53.6 cm³/mol. The van der Waals surface area contributed by atoms with Gasteiger partial charge in [-0.05, 0) is 25.7 Å². The molecule has 3 unspecified atom stereocenters. The van der Waals surface area contributed by atoms with Crippen LogP contribution < -0.4 is 0 Å². The predicted octanol–water partition coefficient (Wildman–Crippen LogP) is 2.21. The fourth-order valence-corrected chi connectivity index (χ4v) is 2.20. The highest BCUT2D eigenvalue weighted by Gasteiger charge is 2.41. The molecule has 1 rings (SSSR count). The molecule has 0 bridgehead atoms. The first-order valence-electron chi connectivity index (χ1n) is 5.37. The highest BCUT2D eigenvalue weighted by Crippen LogP contribution is 2.40. The first-order valence-corrected chi connectivity index (χ1v) is 5.37. The zero-order valence-electron chi connectivity index (χ0n) is 9.05. The van der Waals surface area contributed by atoms with Crippen molar-refractivity contribution in [3.8, 4) is 0 Å². The van der Waals surface area contributed by atoms with E-state index in [9.17, 15) is 5.11 Å². The zero-order chi connectivity index (χ0) is 9.90. The van der Waals surface area contributed by atoms with Gasteiger partial charge in [-0.1, -0.05) is 20.3 Å². The maximum Gasteiger partial charge on any atom is 0.0626 e. The average Bonchev–Trinajstić information content (AvgIpc) is 2.48. The summed E-state index contributed by atoms with van der Waals surface area (Å²) in [6.45, 7) is 7.64. The standard InChI is InChI=1S/C11H22O2/c1-4-9(2)7-11(8-12)5-6-13-10(11)3/h9-10,12H,4-8H2,1-3H3. The Bertz CT molecular complexity index is 158. The molecule has 1 aliphatic heterocycles. The van der Waals surface area contributed by atoms with Crippen LogP contribution in [0, 0.1) is 11.3 Å². The summed E-state index contributed by atoms with van der Waals surface area (Å²) in [6.07, 6.45) is 3.54. The van der Waals surface area contributed by atoms with Gasteiger partial charge in [-0.15, -0.1) is 0 Å². The van der Waals surface area contributed by atoms with E-state index in [1.165, 1.54) is 6.42 Å². The van der Waals surface area contributed by atoms with Crippen LogP contribution in [0.15, 0.2) is 0 Å². The number of rotatable bonds is 4. The number of hydrogen-bond acceptors (Lipinski definition) is 2. The van der Waals surface area contributed by atoms with E-state index in [1.54, 1.807) is 0 Å². The fraction of sp³-hybridized carbons (Fsp3) is 1.00. The smallest absolute Gasteiger partial charge is 0.0626 e. The molecule has 0 radical (unpaired) electrons. The maximum atomic E-state index is 9.45. The first-order chi connectivity index (χ1) is 6.14. The molecule has 2 nitrogen and oxygen atoms in total. The van der Waals surface area contributed by atoms with Crippen molar-refractivity contribution >= 4 is 0 Å². The minimum Gasteiger partial charge on any atom is -0.396 e. The van der Waals surface area contributed by atoms with Crippen LogP contribution in [-0.4, -0.2) is 24.4 Å². The molecule has 0 aromatic carbocycles. The summed E-state index contributed by atoms with van der Waals surface area (Å²) in [5.41, 5.74) is 0.0510. The SMILES string of the molecule is CCC(C)CC1(CO)CCOC1C. The molecular formula is C11H22O2. The maximum absolute atomic E-state index is 9.45. The average molecular weight is 186 g/mol. The van der Waals surface area contributed by atoms with Crippen LogP contribution in [0.4, 0.5) is 0 Å². The van der Waals surface area contributed by atoms with Crippen molar-refractivity contribution in [2.24, 2.45) is 11.3 Å². The second kappa shape index (κ2) is 4.43. The van der Waals surface area contributed by atoms with Crippen molar-refractivity contribution < 1.29 is 9.84 Å². The lowest BCUT2D eigenvalue weighted by molar-refractivity contribution is 0.0127. The molecule has 0 spiro atoms. The van der Waals surface area contributed by atoms with Gasteiger partial charge in [0.05, 0.1) is 12.7 Å². The van der Waals surface area contributed by atoms with Gasteiger partial charge >= 0.3 is 0 Å². The number of aliphatic hydroxyl groups excluding tert-OH is 1. The number of aliphatic hydroxyl groups is 1. The van der Waals surface area contributed by atoms with Crippen LogP contribution in [0.25, 0.3) is 0 Å². The van der Waals surface area contributed by atoms with E-state index in [1.807, 2.05) is 0 Å². The molecule has 0 aromatic rings. The number of ether oxygens (including phenoxy) is 1. The molecule has 1 N–H and O–H groups in total. The fourth-order valence-electron chi connectivity index (χ4n) is 2.20. The zero-order valence-corrected chi connectivity index (χ0v) is 9.05. The Kier molecular flexibility index (Phi) is 3.74. The summed E-state index contributed by atoms with van der Waals surface area (Å²) in [6, 6.07) is 0. The van der Waals surface area contributed by atoms with Crippen LogP contribution in [0.1, 0.15) is 40.0 Å². The van der Waals surface area contributed by atoms with Crippen LogP contribution in [0.5, 0.6) is 0 Å². The van der Waals surface area contributed by atoms with E-state index in [2.05, 4.69) is 20.8 Å². The molecule has 0 amide bonds. The van der Waals surface area contributed by atoms with Gasteiger partial charge < -0.3 is 9.84 Å². The van der Waals surface area contributed by atoms with Gasteiger partial charge in [-0.2, -0.15) is 0 Å². The summed E-state index contributed by atoms with van der Waals surface area (Å²) in [5.74, 6) is 0.691. The summed E-state index contributed by atoms with van der Waals surface area (Å²) >= 11 is 0. The van der Waals surface area contributed by atoms with E-state index < -0.39 is 0 Å². The molecule has 1 heterocycles. The number of hydrogen-bond donors (Lipinski definition) is 1. The lowest BCUT2D eigenvalue weighted by atomic mass is 9.75. The van der Waals surface area contributed by atoms with E-state index in [0.29, 0.717) is 5.92 Å². The Balaban J connectivity index is 2.58. The molecule has 2 heteroatoms. The molecule has 0 aliphatic carbocycles. The molecule has 0 saturated carbocycles. The minimum absolute atomic E-state index is 0.0510. The van der Waals surface area contributed by atoms with Gasteiger partial charge in [0.2, 0.25) is 0 Å². The van der Waals surface area contributed by atoms with E-state index in [0.717, 1.165) is 19.4 Å². The lowest BCUT2D eigenvalue weighted by Crippen LogP contribution is -2.34. The van der Waals surface area contributed by atoms with E-state index in [-0.39, 0.29) is 18.1 Å². The van der Waals surface area contributed by atoms with Gasteiger partial charge in [0.25, 0.3) is 0 Å². The molecule has 1 aliphatic rings. The minimum atomic E-state index is 0.0510. The monoisotopic (exact) mass is 186 g/mol. The quantitative estimate of drug-likeness (QED) is 0.729. The third-order valence-corrected chi connectivity index (χ3v) is 3.60. The van der Waals surface area contributed by atoms with Gasteiger partial charge in [0.15, 0.2) is 0 Å². The second-order valence-electron chi connectivity index (χ2n) is 4.50. The molecule has 1 fully saturated rings. The molecule has 0 aromatic heterocycles. The van der Waals surface area contributed by atoms with Crippen LogP contribution in [0.3, 0.4) is 0 Å². The third kappa shape index (κ3) is 2.23. The molecule has 78 valence electrons. The van der Waals surface area contributed by atoms with Gasteiger partial charge in [0, 0.05) is 12.0 Å². The Hall–Kier alpha value is -0.0800. The second-order valence-corrected chi connectivity index (χ2v) is 4.50. The summed E-state index contributed by atoms with van der Waals surface area (Å²) in [5, 5.41) is 9.45. The Morgan fingerprint density at radius 1 is 1.62 bits per heavy atom. The van der Waals surface area contributed by atoms with Crippen LogP contribution in [0.2, 0.25) is 0 Å². The summed E-state index contributed by atoms with van der Waals surface area (Å²) in [7, 11) is 0. The molecular weight excluding hydrogens is 164 g/mol.